The van der Waals surface area contributed by atoms with Crippen molar-refractivity contribution in [2.24, 2.45) is 11.1 Å². The summed E-state index contributed by atoms with van der Waals surface area (Å²) in [5, 5.41) is 13.7. The molecule has 0 bridgehead atoms. The number of aromatic hydroxyl groups is 1. The molecule has 210 valence electrons. The number of anilines is 1. The van der Waals surface area contributed by atoms with Gasteiger partial charge in [0.2, 0.25) is 0 Å². The van der Waals surface area contributed by atoms with Gasteiger partial charge in [-0.3, -0.25) is 14.7 Å². The molecule has 8 heteroatoms. The number of benzene rings is 1. The Balaban J connectivity index is 0.939. The van der Waals surface area contributed by atoms with Crippen LogP contribution >= 0.6 is 0 Å². The van der Waals surface area contributed by atoms with E-state index in [0.717, 1.165) is 37.2 Å². The Hall–Kier alpha value is -2.52. The van der Waals surface area contributed by atoms with Crippen molar-refractivity contribution >= 4 is 17.6 Å². The first-order chi connectivity index (χ1) is 19.0. The molecule has 1 aromatic heterocycles. The van der Waals surface area contributed by atoms with E-state index in [4.69, 9.17) is 11.5 Å². The average molecular weight is 532 g/mol. The number of aromatic nitrogens is 1. The lowest BCUT2D eigenvalue weighted by Crippen LogP contribution is -2.67. The van der Waals surface area contributed by atoms with Crippen molar-refractivity contribution in [3.05, 3.63) is 46.6 Å². The van der Waals surface area contributed by atoms with Gasteiger partial charge in [-0.15, -0.1) is 0 Å². The van der Waals surface area contributed by atoms with Gasteiger partial charge >= 0.3 is 0 Å². The standard InChI is InChI=1S/C31H45N7O/c32-27(24-3-1-2-4-29(24)39)15-25-26-18-38(10-9-28(26)35-30(25)33)22-7-5-21(6-8-22)36-11-13-37(14-12-36)23-16-31(17-23)19-34-20-31/h1-4,15,21-23,34-35,39H,5-14,16-20,32-33H2/b27-15-. The smallest absolute Gasteiger partial charge is 0.124 e. The number of nitrogens with one attached hydrogen (secondary N) is 2. The minimum atomic E-state index is 0.191. The maximum atomic E-state index is 10.3. The van der Waals surface area contributed by atoms with Gasteiger partial charge in [0.15, 0.2) is 0 Å². The number of phenols is 1. The Morgan fingerprint density at radius 3 is 2.18 bits per heavy atom. The van der Waals surface area contributed by atoms with Crippen LogP contribution in [-0.4, -0.2) is 88.7 Å². The number of aromatic amines is 1. The quantitative estimate of drug-likeness (QED) is 0.404. The first-order valence-corrected chi connectivity index (χ1v) is 15.2. The zero-order valence-corrected chi connectivity index (χ0v) is 23.2. The summed E-state index contributed by atoms with van der Waals surface area (Å²) in [6.45, 7) is 9.53. The highest BCUT2D eigenvalue weighted by Gasteiger charge is 2.50. The predicted octanol–water partition coefficient (Wildman–Crippen LogP) is 2.80. The monoisotopic (exact) mass is 531 g/mol. The van der Waals surface area contributed by atoms with Crippen LogP contribution in [0.5, 0.6) is 5.75 Å². The number of nitrogen functional groups attached to an aromatic ring is 1. The van der Waals surface area contributed by atoms with E-state index in [1.807, 2.05) is 24.3 Å². The van der Waals surface area contributed by atoms with E-state index in [-0.39, 0.29) is 5.75 Å². The maximum Gasteiger partial charge on any atom is 0.124 e. The SMILES string of the molecule is N/C(=C\c1c(N)[nH]c2c1CN(C1CCC(N3CCN(C4CC5(CNC5)C4)CC3)CC1)CC2)c1ccccc1O. The Bertz CT molecular complexity index is 1210. The van der Waals surface area contributed by atoms with Crippen LogP contribution in [0, 0.1) is 5.41 Å². The van der Waals surface area contributed by atoms with Crippen LogP contribution < -0.4 is 16.8 Å². The fourth-order valence-corrected chi connectivity index (χ4v) is 8.21. The number of hydrogen-bond donors (Lipinski definition) is 5. The summed E-state index contributed by atoms with van der Waals surface area (Å²) in [7, 11) is 0. The summed E-state index contributed by atoms with van der Waals surface area (Å²) in [6.07, 6.45) is 11.0. The molecule has 2 saturated heterocycles. The second-order valence-corrected chi connectivity index (χ2v) is 12.9. The van der Waals surface area contributed by atoms with Crippen molar-refractivity contribution in [2.45, 2.75) is 69.6 Å². The Kier molecular flexibility index (Phi) is 6.62. The third kappa shape index (κ3) is 4.75. The van der Waals surface area contributed by atoms with Crippen molar-refractivity contribution in [3.63, 3.8) is 0 Å². The molecule has 0 atom stereocenters. The molecular weight excluding hydrogens is 486 g/mol. The largest absolute Gasteiger partial charge is 0.507 e. The van der Waals surface area contributed by atoms with Gasteiger partial charge in [-0.05, 0) is 67.7 Å². The lowest BCUT2D eigenvalue weighted by molar-refractivity contribution is -0.0567. The number of phenolic OH excluding ortho intramolecular Hbond substituents is 1. The first kappa shape index (κ1) is 25.4. The number of piperazine rings is 1. The minimum Gasteiger partial charge on any atom is -0.507 e. The topological polar surface area (TPSA) is 110 Å². The van der Waals surface area contributed by atoms with Crippen LogP contribution in [0.4, 0.5) is 5.82 Å². The van der Waals surface area contributed by atoms with Crippen molar-refractivity contribution in [3.8, 4) is 5.75 Å². The third-order valence-electron chi connectivity index (χ3n) is 10.7. The van der Waals surface area contributed by atoms with E-state index in [1.54, 1.807) is 6.07 Å². The molecule has 0 radical (unpaired) electrons. The lowest BCUT2D eigenvalue weighted by atomic mass is 9.61. The third-order valence-corrected chi connectivity index (χ3v) is 10.7. The first-order valence-electron chi connectivity index (χ1n) is 15.2. The van der Waals surface area contributed by atoms with Crippen molar-refractivity contribution in [1.29, 1.82) is 0 Å². The lowest BCUT2D eigenvalue weighted by Gasteiger charge is -2.58. The molecule has 5 aliphatic rings. The highest BCUT2D eigenvalue weighted by atomic mass is 16.3. The minimum absolute atomic E-state index is 0.191. The van der Waals surface area contributed by atoms with Crippen molar-refractivity contribution in [1.82, 2.24) is 25.0 Å². The van der Waals surface area contributed by atoms with Gasteiger partial charge in [0, 0.05) is 99.4 Å². The number of nitrogens with zero attached hydrogens (tertiary/aromatic N) is 3. The van der Waals surface area contributed by atoms with Crippen molar-refractivity contribution < 1.29 is 5.11 Å². The predicted molar refractivity (Wildman–Crippen MR) is 157 cm³/mol. The Labute approximate surface area is 232 Å². The molecule has 2 saturated carbocycles. The van der Waals surface area contributed by atoms with Gasteiger partial charge in [-0.25, -0.2) is 0 Å². The van der Waals surface area contributed by atoms with Gasteiger partial charge in [-0.2, -0.15) is 0 Å². The summed E-state index contributed by atoms with van der Waals surface area (Å²) in [5.41, 5.74) is 18.2. The zero-order valence-electron chi connectivity index (χ0n) is 23.2. The van der Waals surface area contributed by atoms with Gasteiger partial charge in [0.1, 0.15) is 11.6 Å². The van der Waals surface area contributed by atoms with Crippen LogP contribution in [0.3, 0.4) is 0 Å². The molecule has 8 nitrogen and oxygen atoms in total. The van der Waals surface area contributed by atoms with Crippen LogP contribution in [0.1, 0.15) is 60.9 Å². The van der Waals surface area contributed by atoms with Crippen molar-refractivity contribution in [2.75, 3.05) is 51.5 Å². The summed E-state index contributed by atoms with van der Waals surface area (Å²) in [6, 6.07) is 9.46. The molecule has 7 rings (SSSR count). The van der Waals surface area contributed by atoms with E-state index in [9.17, 15) is 5.11 Å². The fraction of sp³-hybridized carbons (Fsp3) is 0.613. The molecule has 0 unspecified atom stereocenters. The second kappa shape index (κ2) is 10.1. The molecule has 1 aromatic carbocycles. The Morgan fingerprint density at radius 1 is 0.897 bits per heavy atom. The van der Waals surface area contributed by atoms with Gasteiger partial charge in [0.05, 0.1) is 0 Å². The number of fused-ring (bicyclic) bond motifs is 1. The molecule has 3 aliphatic heterocycles. The summed E-state index contributed by atoms with van der Waals surface area (Å²) in [4.78, 5) is 11.7. The van der Waals surface area contributed by atoms with E-state index in [1.165, 1.54) is 89.1 Å². The van der Waals surface area contributed by atoms with E-state index in [0.29, 0.717) is 28.5 Å². The average Bonchev–Trinajstić information content (AvgIpc) is 3.22. The summed E-state index contributed by atoms with van der Waals surface area (Å²) >= 11 is 0. The zero-order chi connectivity index (χ0) is 26.6. The normalized spacial score (nSPS) is 28.7. The van der Waals surface area contributed by atoms with E-state index < -0.39 is 0 Å². The Morgan fingerprint density at radius 2 is 1.54 bits per heavy atom. The number of hydrogen-bond acceptors (Lipinski definition) is 7. The highest BCUT2D eigenvalue weighted by molar-refractivity contribution is 5.86. The van der Waals surface area contributed by atoms with Gasteiger partial charge in [0.25, 0.3) is 0 Å². The van der Waals surface area contributed by atoms with Crippen LogP contribution in [0.25, 0.3) is 11.8 Å². The molecule has 7 N–H and O–H groups in total. The number of rotatable bonds is 5. The van der Waals surface area contributed by atoms with Crippen LogP contribution in [-0.2, 0) is 13.0 Å². The number of nitrogens with two attached hydrogens (primary N) is 2. The van der Waals surface area contributed by atoms with E-state index in [2.05, 4.69) is 25.0 Å². The van der Waals surface area contributed by atoms with Crippen LogP contribution in [0.15, 0.2) is 24.3 Å². The number of para-hydroxylation sites is 1. The molecule has 2 aliphatic carbocycles. The molecule has 2 aromatic rings. The summed E-state index contributed by atoms with van der Waals surface area (Å²) in [5.74, 6) is 0.862. The second-order valence-electron chi connectivity index (χ2n) is 12.9. The fourth-order valence-electron chi connectivity index (χ4n) is 8.21. The molecule has 39 heavy (non-hydrogen) atoms. The van der Waals surface area contributed by atoms with Crippen LogP contribution in [0.2, 0.25) is 0 Å². The molecular formula is C31H45N7O. The number of H-pyrrole nitrogens is 1. The molecule has 1 spiro atoms. The molecule has 4 heterocycles. The highest BCUT2D eigenvalue weighted by Crippen LogP contribution is 2.46. The maximum absolute atomic E-state index is 10.3. The molecule has 4 fully saturated rings. The van der Waals surface area contributed by atoms with Gasteiger partial charge < -0.3 is 26.9 Å². The van der Waals surface area contributed by atoms with Gasteiger partial charge in [-0.1, -0.05) is 12.1 Å². The summed E-state index contributed by atoms with van der Waals surface area (Å²) < 4.78 is 0. The molecule has 0 amide bonds. The van der Waals surface area contributed by atoms with E-state index >= 15 is 0 Å².